The molecule has 0 saturated carbocycles. The smallest absolute Gasteiger partial charge is 0.328 e. The number of nitrogens with zero attached hydrogens (tertiary/aromatic N) is 2. The first-order valence-electron chi connectivity index (χ1n) is 7.96. The minimum absolute atomic E-state index is 0.311. The SMILES string of the molecule is COC(=O)C(C)NC(=O)c1cn(Cc2ccccn2)c2ccccc12. The van der Waals surface area contributed by atoms with E-state index in [2.05, 4.69) is 15.0 Å². The molecule has 0 saturated heterocycles. The van der Waals surface area contributed by atoms with Crippen LogP contribution in [0.4, 0.5) is 0 Å². The largest absolute Gasteiger partial charge is 0.467 e. The van der Waals surface area contributed by atoms with E-state index >= 15 is 0 Å². The summed E-state index contributed by atoms with van der Waals surface area (Å²) >= 11 is 0. The summed E-state index contributed by atoms with van der Waals surface area (Å²) < 4.78 is 6.63. The first kappa shape index (κ1) is 16.7. The summed E-state index contributed by atoms with van der Waals surface area (Å²) in [5.41, 5.74) is 2.35. The minimum atomic E-state index is -0.713. The molecule has 1 atom stereocenters. The van der Waals surface area contributed by atoms with E-state index < -0.39 is 12.0 Å². The van der Waals surface area contributed by atoms with Crippen molar-refractivity contribution < 1.29 is 14.3 Å². The van der Waals surface area contributed by atoms with Crippen LogP contribution >= 0.6 is 0 Å². The fourth-order valence-corrected chi connectivity index (χ4v) is 2.73. The number of fused-ring (bicyclic) bond motifs is 1. The third kappa shape index (κ3) is 3.52. The predicted molar refractivity (Wildman–Crippen MR) is 94.2 cm³/mol. The average molecular weight is 337 g/mol. The Morgan fingerprint density at radius 1 is 1.20 bits per heavy atom. The summed E-state index contributed by atoms with van der Waals surface area (Å²) in [5.74, 6) is -0.792. The van der Waals surface area contributed by atoms with Crippen molar-refractivity contribution in [2.75, 3.05) is 7.11 Å². The highest BCUT2D eigenvalue weighted by Gasteiger charge is 2.20. The van der Waals surface area contributed by atoms with Crippen LogP contribution in [0.5, 0.6) is 0 Å². The molecule has 3 rings (SSSR count). The van der Waals surface area contributed by atoms with E-state index in [1.54, 1.807) is 19.3 Å². The van der Waals surface area contributed by atoms with Crippen LogP contribution in [0, 0.1) is 0 Å². The van der Waals surface area contributed by atoms with Crippen LogP contribution in [0.25, 0.3) is 10.9 Å². The van der Waals surface area contributed by atoms with Crippen molar-refractivity contribution in [2.24, 2.45) is 0 Å². The highest BCUT2D eigenvalue weighted by molar-refractivity contribution is 6.07. The molecule has 25 heavy (non-hydrogen) atoms. The molecule has 6 nitrogen and oxygen atoms in total. The summed E-state index contributed by atoms with van der Waals surface area (Å²) in [5, 5.41) is 3.50. The summed E-state index contributed by atoms with van der Waals surface area (Å²) in [4.78, 5) is 28.5. The molecule has 128 valence electrons. The molecule has 1 N–H and O–H groups in total. The Morgan fingerprint density at radius 3 is 2.68 bits per heavy atom. The monoisotopic (exact) mass is 337 g/mol. The van der Waals surface area contributed by atoms with Gasteiger partial charge in [-0.05, 0) is 25.1 Å². The lowest BCUT2D eigenvalue weighted by Gasteiger charge is -2.10. The summed E-state index contributed by atoms with van der Waals surface area (Å²) in [6.07, 6.45) is 3.53. The third-order valence-electron chi connectivity index (χ3n) is 3.99. The van der Waals surface area contributed by atoms with Gasteiger partial charge in [-0.25, -0.2) is 4.79 Å². The van der Waals surface area contributed by atoms with E-state index in [1.165, 1.54) is 7.11 Å². The Kier molecular flexibility index (Phi) is 4.79. The van der Waals surface area contributed by atoms with Gasteiger partial charge in [-0.15, -0.1) is 0 Å². The Labute approximate surface area is 145 Å². The van der Waals surface area contributed by atoms with E-state index in [0.717, 1.165) is 16.6 Å². The molecule has 1 amide bonds. The number of pyridine rings is 1. The second-order valence-electron chi connectivity index (χ2n) is 5.73. The fourth-order valence-electron chi connectivity index (χ4n) is 2.73. The molecule has 2 heterocycles. The molecule has 0 fully saturated rings. The molecule has 0 spiro atoms. The highest BCUT2D eigenvalue weighted by Crippen LogP contribution is 2.22. The fraction of sp³-hybridized carbons (Fsp3) is 0.211. The van der Waals surface area contributed by atoms with Crippen LogP contribution in [0.1, 0.15) is 23.0 Å². The molecular weight excluding hydrogens is 318 g/mol. The molecule has 6 heteroatoms. The number of hydrogen-bond donors (Lipinski definition) is 1. The van der Waals surface area contributed by atoms with Crippen LogP contribution in [-0.2, 0) is 16.1 Å². The van der Waals surface area contributed by atoms with Gasteiger partial charge in [0.15, 0.2) is 0 Å². The van der Waals surface area contributed by atoms with Crippen molar-refractivity contribution in [1.29, 1.82) is 0 Å². The molecule has 0 radical (unpaired) electrons. The Hall–Kier alpha value is -3.15. The van der Waals surface area contributed by atoms with Gasteiger partial charge in [0.05, 0.1) is 24.9 Å². The van der Waals surface area contributed by atoms with Crippen molar-refractivity contribution in [1.82, 2.24) is 14.9 Å². The lowest BCUT2D eigenvalue weighted by Crippen LogP contribution is -2.39. The molecule has 0 aliphatic carbocycles. The second kappa shape index (κ2) is 7.17. The second-order valence-corrected chi connectivity index (χ2v) is 5.73. The van der Waals surface area contributed by atoms with Gasteiger partial charge in [0, 0.05) is 23.3 Å². The summed E-state index contributed by atoms with van der Waals surface area (Å²) in [6.45, 7) is 2.15. The number of carbonyl (C=O) groups excluding carboxylic acids is 2. The van der Waals surface area contributed by atoms with Gasteiger partial charge in [-0.1, -0.05) is 24.3 Å². The van der Waals surface area contributed by atoms with Crippen LogP contribution < -0.4 is 5.32 Å². The van der Waals surface area contributed by atoms with Crippen LogP contribution in [0.15, 0.2) is 54.9 Å². The number of aromatic nitrogens is 2. The lowest BCUT2D eigenvalue weighted by molar-refractivity contribution is -0.142. The number of carbonyl (C=O) groups is 2. The number of ether oxygens (including phenoxy) is 1. The van der Waals surface area contributed by atoms with E-state index in [-0.39, 0.29) is 5.91 Å². The van der Waals surface area contributed by atoms with E-state index in [4.69, 9.17) is 0 Å². The number of amides is 1. The number of benzene rings is 1. The zero-order chi connectivity index (χ0) is 17.8. The average Bonchev–Trinajstić information content (AvgIpc) is 3.00. The van der Waals surface area contributed by atoms with Gasteiger partial charge >= 0.3 is 5.97 Å². The molecule has 0 aliphatic heterocycles. The highest BCUT2D eigenvalue weighted by atomic mass is 16.5. The number of methoxy groups -OCH3 is 1. The number of nitrogens with one attached hydrogen (secondary N) is 1. The predicted octanol–water partition coefficient (Wildman–Crippen LogP) is 2.38. The molecule has 1 aromatic carbocycles. The minimum Gasteiger partial charge on any atom is -0.467 e. The number of rotatable bonds is 5. The Balaban J connectivity index is 1.93. The molecule has 0 bridgehead atoms. The Morgan fingerprint density at radius 2 is 1.96 bits per heavy atom. The van der Waals surface area contributed by atoms with Gasteiger partial charge in [0.25, 0.3) is 5.91 Å². The standard InChI is InChI=1S/C19H19N3O3/c1-13(19(24)25-2)21-18(23)16-12-22(11-14-7-5-6-10-20-14)17-9-4-3-8-15(16)17/h3-10,12-13H,11H2,1-2H3,(H,21,23). The van der Waals surface area contributed by atoms with E-state index in [1.807, 2.05) is 47.0 Å². The number of hydrogen-bond acceptors (Lipinski definition) is 4. The quantitative estimate of drug-likeness (QED) is 0.726. The van der Waals surface area contributed by atoms with E-state index in [9.17, 15) is 9.59 Å². The van der Waals surface area contributed by atoms with Crippen molar-refractivity contribution in [2.45, 2.75) is 19.5 Å². The molecular formula is C19H19N3O3. The normalized spacial score (nSPS) is 11.9. The third-order valence-corrected chi connectivity index (χ3v) is 3.99. The van der Waals surface area contributed by atoms with Crippen molar-refractivity contribution in [3.8, 4) is 0 Å². The number of esters is 1. The topological polar surface area (TPSA) is 73.2 Å². The van der Waals surface area contributed by atoms with Gasteiger partial charge in [-0.2, -0.15) is 0 Å². The first-order valence-corrected chi connectivity index (χ1v) is 7.96. The molecule has 2 aromatic heterocycles. The zero-order valence-electron chi connectivity index (χ0n) is 14.1. The maximum Gasteiger partial charge on any atom is 0.328 e. The van der Waals surface area contributed by atoms with Gasteiger partial charge in [0.1, 0.15) is 6.04 Å². The summed E-state index contributed by atoms with van der Waals surface area (Å²) in [7, 11) is 1.30. The van der Waals surface area contributed by atoms with Crippen molar-refractivity contribution >= 4 is 22.8 Å². The molecule has 0 aliphatic rings. The van der Waals surface area contributed by atoms with Crippen LogP contribution in [-0.4, -0.2) is 34.6 Å². The first-order chi connectivity index (χ1) is 12.1. The maximum absolute atomic E-state index is 12.6. The van der Waals surface area contributed by atoms with Crippen molar-refractivity contribution in [3.05, 3.63) is 66.1 Å². The Bertz CT molecular complexity index is 903. The molecule has 1 unspecified atom stereocenters. The summed E-state index contributed by atoms with van der Waals surface area (Å²) in [6, 6.07) is 12.7. The molecule has 3 aromatic rings. The lowest BCUT2D eigenvalue weighted by atomic mass is 10.1. The van der Waals surface area contributed by atoms with E-state index in [0.29, 0.717) is 12.1 Å². The van der Waals surface area contributed by atoms with Gasteiger partial charge < -0.3 is 14.6 Å². The van der Waals surface area contributed by atoms with Gasteiger partial charge in [0.2, 0.25) is 0 Å². The zero-order valence-corrected chi connectivity index (χ0v) is 14.1. The van der Waals surface area contributed by atoms with Crippen molar-refractivity contribution in [3.63, 3.8) is 0 Å². The van der Waals surface area contributed by atoms with Crippen LogP contribution in [0.3, 0.4) is 0 Å². The van der Waals surface area contributed by atoms with Gasteiger partial charge in [-0.3, -0.25) is 9.78 Å². The number of para-hydroxylation sites is 1. The maximum atomic E-state index is 12.6. The van der Waals surface area contributed by atoms with Crippen LogP contribution in [0.2, 0.25) is 0 Å².